The van der Waals surface area contributed by atoms with E-state index in [1.165, 1.54) is 23.9 Å². The Morgan fingerprint density at radius 1 is 1.26 bits per heavy atom. The van der Waals surface area contributed by atoms with Crippen molar-refractivity contribution in [2.24, 2.45) is 7.05 Å². The van der Waals surface area contributed by atoms with Gasteiger partial charge in [-0.3, -0.25) is 9.32 Å². The van der Waals surface area contributed by atoms with Gasteiger partial charge in [0, 0.05) is 5.69 Å². The molecular formula is C21H18N7O5S+. The van der Waals surface area contributed by atoms with Crippen molar-refractivity contribution < 1.29 is 23.5 Å². The summed E-state index contributed by atoms with van der Waals surface area (Å²) in [5.74, 6) is -1.24. The van der Waals surface area contributed by atoms with Crippen LogP contribution in [0.15, 0.2) is 38.6 Å². The third-order valence-corrected chi connectivity index (χ3v) is 5.45. The highest BCUT2D eigenvalue weighted by atomic mass is 32.2. The van der Waals surface area contributed by atoms with Crippen LogP contribution in [-0.2, 0) is 16.6 Å². The molecule has 1 amide bonds. The molecule has 0 saturated carbocycles. The van der Waals surface area contributed by atoms with Crippen LogP contribution in [0.1, 0.15) is 28.4 Å². The first kappa shape index (κ1) is 24.0. The second-order valence-electron chi connectivity index (χ2n) is 6.67. The highest BCUT2D eigenvalue weighted by molar-refractivity contribution is 8.00. The van der Waals surface area contributed by atoms with Crippen molar-refractivity contribution in [1.29, 1.82) is 10.5 Å². The fourth-order valence-corrected chi connectivity index (χ4v) is 3.78. The Kier molecular flexibility index (Phi) is 7.30. The molecule has 13 heteroatoms. The van der Waals surface area contributed by atoms with Gasteiger partial charge in [-0.1, -0.05) is 16.4 Å². The largest absolute Gasteiger partial charge is 0.462 e. The lowest BCUT2D eigenvalue weighted by molar-refractivity contribution is -0.730. The summed E-state index contributed by atoms with van der Waals surface area (Å²) in [5, 5.41) is 24.3. The molecule has 2 heterocycles. The number of thioether (sulfide) groups is 1. The second-order valence-corrected chi connectivity index (χ2v) is 7.64. The maximum Gasteiger partial charge on any atom is 0.435 e. The number of hydrogen-bond acceptors (Lipinski definition) is 10. The van der Waals surface area contributed by atoms with Gasteiger partial charge in [-0.05, 0) is 36.5 Å². The minimum absolute atomic E-state index is 0.0348. The molecule has 1 aromatic carbocycles. The van der Waals surface area contributed by atoms with E-state index in [0.29, 0.717) is 11.3 Å². The summed E-state index contributed by atoms with van der Waals surface area (Å²) in [6, 6.07) is 9.94. The normalized spacial score (nSPS) is 10.2. The third-order valence-electron chi connectivity index (χ3n) is 4.48. The molecule has 0 aliphatic heterocycles. The molecule has 0 saturated heterocycles. The number of pyridine rings is 1. The smallest absolute Gasteiger partial charge is 0.435 e. The Labute approximate surface area is 196 Å². The number of aryl methyl sites for hydroxylation is 1. The molecule has 0 radical (unpaired) electrons. The lowest BCUT2D eigenvalue weighted by Crippen LogP contribution is -2.34. The number of ether oxygens (including phenoxy) is 1. The van der Waals surface area contributed by atoms with Crippen LogP contribution in [0.25, 0.3) is 11.3 Å². The Balaban J connectivity index is 1.83. The number of H-pyrrole nitrogens is 1. The molecule has 34 heavy (non-hydrogen) atoms. The summed E-state index contributed by atoms with van der Waals surface area (Å²) in [6.45, 7) is 1.95. The number of anilines is 2. The molecule has 3 rings (SSSR count). The van der Waals surface area contributed by atoms with E-state index in [9.17, 15) is 24.9 Å². The molecule has 4 N–H and O–H groups in total. The van der Waals surface area contributed by atoms with Crippen LogP contribution < -0.4 is 21.4 Å². The van der Waals surface area contributed by atoms with E-state index in [4.69, 9.17) is 15.0 Å². The predicted molar refractivity (Wildman–Crippen MR) is 119 cm³/mol. The van der Waals surface area contributed by atoms with Crippen LogP contribution >= 0.6 is 11.8 Å². The van der Waals surface area contributed by atoms with E-state index in [-0.39, 0.29) is 45.6 Å². The number of aromatic nitrogens is 3. The molecule has 172 valence electrons. The number of nitrogen functional groups attached to an aromatic ring is 1. The molecule has 0 atom stereocenters. The zero-order valence-corrected chi connectivity index (χ0v) is 18.9. The number of nitriles is 2. The third kappa shape index (κ3) is 4.90. The number of amides is 1. The molecule has 12 nitrogen and oxygen atoms in total. The van der Waals surface area contributed by atoms with E-state index in [1.807, 2.05) is 12.1 Å². The van der Waals surface area contributed by atoms with Gasteiger partial charge in [0.25, 0.3) is 0 Å². The fourth-order valence-electron chi connectivity index (χ4n) is 2.99. The number of hydrogen-bond donors (Lipinski definition) is 3. The monoisotopic (exact) mass is 480 g/mol. The van der Waals surface area contributed by atoms with Crippen molar-refractivity contribution in [2.45, 2.75) is 11.9 Å². The first-order valence-corrected chi connectivity index (χ1v) is 10.7. The molecule has 0 fully saturated rings. The predicted octanol–water partition coefficient (Wildman–Crippen LogP) is 1.09. The highest BCUT2D eigenvalue weighted by Crippen LogP contribution is 2.33. The molecule has 0 aliphatic rings. The summed E-state index contributed by atoms with van der Waals surface area (Å²) in [5.41, 5.74) is 5.52. The van der Waals surface area contributed by atoms with Gasteiger partial charge in [0.15, 0.2) is 7.05 Å². The Morgan fingerprint density at radius 3 is 2.50 bits per heavy atom. The number of benzene rings is 1. The molecule has 0 aliphatic carbocycles. The van der Waals surface area contributed by atoms with E-state index in [2.05, 4.69) is 15.6 Å². The summed E-state index contributed by atoms with van der Waals surface area (Å²) in [4.78, 5) is 40.4. The lowest BCUT2D eigenvalue weighted by Gasteiger charge is -2.10. The number of aromatic amines is 1. The van der Waals surface area contributed by atoms with Gasteiger partial charge >= 0.3 is 17.3 Å². The second kappa shape index (κ2) is 10.3. The maximum atomic E-state index is 12.4. The molecular weight excluding hydrogens is 462 g/mol. The quantitative estimate of drug-likeness (QED) is 0.250. The van der Waals surface area contributed by atoms with Crippen LogP contribution in [0.2, 0.25) is 0 Å². The van der Waals surface area contributed by atoms with Crippen LogP contribution in [-0.4, -0.2) is 34.5 Å². The van der Waals surface area contributed by atoms with Gasteiger partial charge in [-0.25, -0.2) is 14.6 Å². The van der Waals surface area contributed by atoms with E-state index in [0.717, 1.165) is 11.8 Å². The van der Waals surface area contributed by atoms with Gasteiger partial charge in [0.1, 0.15) is 34.1 Å². The average molecular weight is 480 g/mol. The van der Waals surface area contributed by atoms with E-state index in [1.54, 1.807) is 19.1 Å². The fraction of sp³-hybridized carbons (Fsp3) is 0.190. The molecule has 2 aromatic heterocycles. The van der Waals surface area contributed by atoms with Gasteiger partial charge in [0.2, 0.25) is 5.91 Å². The van der Waals surface area contributed by atoms with Gasteiger partial charge < -0.3 is 15.8 Å². The average Bonchev–Trinajstić information content (AvgIpc) is 3.15. The Hall–Kier alpha value is -4.62. The zero-order chi connectivity index (χ0) is 24.8. The van der Waals surface area contributed by atoms with Crippen LogP contribution in [0.5, 0.6) is 0 Å². The van der Waals surface area contributed by atoms with Crippen molar-refractivity contribution in [2.75, 3.05) is 23.4 Å². The highest BCUT2D eigenvalue weighted by Gasteiger charge is 2.31. The summed E-state index contributed by atoms with van der Waals surface area (Å²) >= 11 is 0.909. The number of nitrogens with two attached hydrogens (primary N) is 1. The number of rotatable bonds is 7. The molecule has 3 aromatic rings. The summed E-state index contributed by atoms with van der Waals surface area (Å²) in [6.07, 6.45) is 0. The standard InChI is InChI=1S/C21H17N7O5S/c1-3-32-20(30)11-4-6-12(7-5-11)25-15(29)10-34-19-14(9-23)16(13(8-22)18(24)26-19)17-21(31)33-27-28(17)2/h4-7H,3,10H2,1-2H3,(H3-,24,25,26,27,29,30,31)/p+1. The van der Waals surface area contributed by atoms with Crippen LogP contribution in [0, 0.1) is 22.7 Å². The van der Waals surface area contributed by atoms with Crippen molar-refractivity contribution in [3.8, 4) is 23.4 Å². The van der Waals surface area contributed by atoms with Crippen molar-refractivity contribution in [3.05, 3.63) is 51.4 Å². The van der Waals surface area contributed by atoms with Crippen molar-refractivity contribution in [1.82, 2.24) is 10.3 Å². The van der Waals surface area contributed by atoms with Crippen LogP contribution in [0.3, 0.4) is 0 Å². The van der Waals surface area contributed by atoms with Crippen molar-refractivity contribution in [3.63, 3.8) is 0 Å². The Morgan fingerprint density at radius 2 is 1.94 bits per heavy atom. The lowest BCUT2D eigenvalue weighted by atomic mass is 10.0. The zero-order valence-electron chi connectivity index (χ0n) is 18.0. The van der Waals surface area contributed by atoms with E-state index < -0.39 is 17.5 Å². The molecule has 0 spiro atoms. The number of carbonyl (C=O) groups is 2. The maximum absolute atomic E-state index is 12.4. The minimum Gasteiger partial charge on any atom is -0.462 e. The first-order valence-electron chi connectivity index (χ1n) is 9.72. The van der Waals surface area contributed by atoms with Gasteiger partial charge in [0.05, 0.1) is 23.5 Å². The Bertz CT molecular complexity index is 1400. The topological polar surface area (TPSA) is 192 Å². The first-order chi connectivity index (χ1) is 16.3. The number of esters is 1. The van der Waals surface area contributed by atoms with Gasteiger partial charge in [-0.2, -0.15) is 10.5 Å². The van der Waals surface area contributed by atoms with Crippen LogP contribution in [0.4, 0.5) is 11.5 Å². The number of carbonyl (C=O) groups excluding carboxylic acids is 2. The van der Waals surface area contributed by atoms with Crippen molar-refractivity contribution >= 4 is 35.1 Å². The number of nitrogens with zero attached hydrogens (tertiary/aromatic N) is 4. The summed E-state index contributed by atoms with van der Waals surface area (Å²) < 4.78 is 10.9. The minimum atomic E-state index is -0.805. The van der Waals surface area contributed by atoms with Gasteiger partial charge in [-0.15, -0.1) is 0 Å². The summed E-state index contributed by atoms with van der Waals surface area (Å²) in [7, 11) is 1.46. The van der Waals surface area contributed by atoms with E-state index >= 15 is 0 Å². The molecule has 0 unspecified atom stereocenters. The SMILES string of the molecule is CCOC(=O)c1ccc(NC(=O)CSc2nc(N)c(C#N)c(-c3c(=O)o[nH][n+]3C)c2C#N)cc1. The number of nitrogens with one attached hydrogen (secondary N) is 2. The molecule has 0 bridgehead atoms.